The SMILES string of the molecule is CCOC(Cc1ccc(OC/C=C(\C)c2ccc(-c3cccc(/C(C)=C/C(=O)O)c3)cc2)cc1)C(=O)O. The summed E-state index contributed by atoms with van der Waals surface area (Å²) in [5.41, 5.74) is 6.68. The zero-order valence-electron chi connectivity index (χ0n) is 21.3. The largest absolute Gasteiger partial charge is 0.490 e. The number of hydrogen-bond acceptors (Lipinski definition) is 4. The Balaban J connectivity index is 1.60. The average Bonchev–Trinajstić information content (AvgIpc) is 2.89. The Morgan fingerprint density at radius 3 is 2.19 bits per heavy atom. The molecule has 0 heterocycles. The van der Waals surface area contributed by atoms with Crippen LogP contribution in [0.2, 0.25) is 0 Å². The molecule has 3 rings (SSSR count). The second kappa shape index (κ2) is 13.2. The number of ether oxygens (including phenoxy) is 2. The summed E-state index contributed by atoms with van der Waals surface area (Å²) in [5.74, 6) is -1.22. The summed E-state index contributed by atoms with van der Waals surface area (Å²) in [4.78, 5) is 22.2. The van der Waals surface area contributed by atoms with Crippen molar-refractivity contribution in [3.8, 4) is 16.9 Å². The van der Waals surface area contributed by atoms with Gasteiger partial charge in [0.15, 0.2) is 6.10 Å². The van der Waals surface area contributed by atoms with Gasteiger partial charge in [0, 0.05) is 19.1 Å². The molecular formula is C31H32O6. The van der Waals surface area contributed by atoms with E-state index in [9.17, 15) is 14.7 Å². The van der Waals surface area contributed by atoms with Crippen molar-refractivity contribution in [3.63, 3.8) is 0 Å². The van der Waals surface area contributed by atoms with Gasteiger partial charge in [-0.3, -0.25) is 0 Å². The minimum Gasteiger partial charge on any atom is -0.490 e. The summed E-state index contributed by atoms with van der Waals surface area (Å²) in [6, 6.07) is 23.4. The summed E-state index contributed by atoms with van der Waals surface area (Å²) >= 11 is 0. The van der Waals surface area contributed by atoms with Gasteiger partial charge in [0.1, 0.15) is 12.4 Å². The molecule has 2 N–H and O–H groups in total. The van der Waals surface area contributed by atoms with Crippen LogP contribution in [0.5, 0.6) is 5.75 Å². The van der Waals surface area contributed by atoms with E-state index in [1.807, 2.05) is 73.7 Å². The standard InChI is InChI=1S/C31H32O6/c1-4-36-29(31(34)35)19-23-8-14-28(15-9-23)37-17-16-21(2)24-10-12-25(13-11-24)27-7-5-6-26(20-27)22(3)18-30(32)33/h5-16,18,20,29H,4,17,19H2,1-3H3,(H,32,33)(H,34,35)/b21-16+,22-18+. The molecule has 0 fully saturated rings. The van der Waals surface area contributed by atoms with Gasteiger partial charge in [0.25, 0.3) is 0 Å². The number of carboxylic acids is 2. The quantitative estimate of drug-likeness (QED) is 0.281. The highest BCUT2D eigenvalue weighted by Gasteiger charge is 2.17. The van der Waals surface area contributed by atoms with Crippen LogP contribution in [-0.4, -0.2) is 41.5 Å². The van der Waals surface area contributed by atoms with E-state index in [4.69, 9.17) is 14.6 Å². The Labute approximate surface area is 217 Å². The molecule has 0 aliphatic carbocycles. The highest BCUT2D eigenvalue weighted by atomic mass is 16.5. The van der Waals surface area contributed by atoms with Gasteiger partial charge in [-0.2, -0.15) is 0 Å². The fraction of sp³-hybridized carbons (Fsp3) is 0.226. The predicted octanol–water partition coefficient (Wildman–Crippen LogP) is 6.36. The van der Waals surface area contributed by atoms with Gasteiger partial charge in [0.05, 0.1) is 0 Å². The van der Waals surface area contributed by atoms with Crippen molar-refractivity contribution < 1.29 is 29.3 Å². The van der Waals surface area contributed by atoms with Crippen LogP contribution in [0.4, 0.5) is 0 Å². The molecule has 3 aromatic rings. The molecule has 37 heavy (non-hydrogen) atoms. The zero-order valence-corrected chi connectivity index (χ0v) is 21.3. The Kier molecular flexibility index (Phi) is 9.81. The highest BCUT2D eigenvalue weighted by Crippen LogP contribution is 2.26. The first-order valence-electron chi connectivity index (χ1n) is 12.1. The molecule has 0 bridgehead atoms. The number of hydrogen-bond donors (Lipinski definition) is 2. The molecule has 0 spiro atoms. The number of carboxylic acid groups (broad SMARTS) is 2. The van der Waals surface area contributed by atoms with Crippen LogP contribution in [0.25, 0.3) is 22.3 Å². The molecule has 0 amide bonds. The first kappa shape index (κ1) is 27.4. The van der Waals surface area contributed by atoms with Gasteiger partial charge >= 0.3 is 11.9 Å². The molecule has 1 unspecified atom stereocenters. The lowest BCUT2D eigenvalue weighted by atomic mass is 9.97. The molecule has 0 aromatic heterocycles. The smallest absolute Gasteiger partial charge is 0.333 e. The third-order valence-electron chi connectivity index (χ3n) is 5.96. The maximum Gasteiger partial charge on any atom is 0.333 e. The maximum absolute atomic E-state index is 11.3. The molecular weight excluding hydrogens is 468 g/mol. The zero-order chi connectivity index (χ0) is 26.8. The van der Waals surface area contributed by atoms with E-state index in [1.54, 1.807) is 13.8 Å². The van der Waals surface area contributed by atoms with Crippen molar-refractivity contribution in [2.24, 2.45) is 0 Å². The van der Waals surface area contributed by atoms with Gasteiger partial charge in [0.2, 0.25) is 0 Å². The molecule has 192 valence electrons. The monoisotopic (exact) mass is 500 g/mol. The number of benzene rings is 3. The summed E-state index contributed by atoms with van der Waals surface area (Å²) < 4.78 is 11.1. The lowest BCUT2D eigenvalue weighted by Gasteiger charge is -2.12. The number of allylic oxidation sites excluding steroid dienone is 2. The second-order valence-corrected chi connectivity index (χ2v) is 8.65. The molecule has 6 nitrogen and oxygen atoms in total. The Bertz CT molecular complexity index is 1270. The van der Waals surface area contributed by atoms with Gasteiger partial charge in [-0.05, 0) is 84.0 Å². The second-order valence-electron chi connectivity index (χ2n) is 8.65. The summed E-state index contributed by atoms with van der Waals surface area (Å²) in [6.07, 6.45) is 2.68. The van der Waals surface area contributed by atoms with Crippen LogP contribution in [0.15, 0.2) is 84.9 Å². The number of carbonyl (C=O) groups is 2. The van der Waals surface area contributed by atoms with E-state index in [1.165, 1.54) is 6.08 Å². The van der Waals surface area contributed by atoms with Gasteiger partial charge in [-0.15, -0.1) is 0 Å². The summed E-state index contributed by atoms with van der Waals surface area (Å²) in [7, 11) is 0. The Morgan fingerprint density at radius 2 is 1.57 bits per heavy atom. The van der Waals surface area contributed by atoms with E-state index >= 15 is 0 Å². The molecule has 0 saturated heterocycles. The maximum atomic E-state index is 11.3. The third-order valence-corrected chi connectivity index (χ3v) is 5.96. The fourth-order valence-corrected chi connectivity index (χ4v) is 3.87. The van der Waals surface area contributed by atoms with Crippen molar-refractivity contribution in [1.82, 2.24) is 0 Å². The minimum atomic E-state index is -0.965. The minimum absolute atomic E-state index is 0.307. The molecule has 6 heteroatoms. The Hall–Kier alpha value is -4.16. The van der Waals surface area contributed by atoms with Gasteiger partial charge < -0.3 is 19.7 Å². The molecule has 0 saturated carbocycles. The molecule has 0 aliphatic heterocycles. The number of rotatable bonds is 12. The number of aliphatic carboxylic acids is 2. The topological polar surface area (TPSA) is 93.1 Å². The molecule has 1 atom stereocenters. The normalized spacial score (nSPS) is 12.7. The van der Waals surface area contributed by atoms with Crippen LogP contribution < -0.4 is 4.74 Å². The first-order chi connectivity index (χ1) is 17.8. The average molecular weight is 501 g/mol. The van der Waals surface area contributed by atoms with E-state index in [0.717, 1.165) is 33.4 Å². The first-order valence-corrected chi connectivity index (χ1v) is 12.1. The van der Waals surface area contributed by atoms with E-state index in [-0.39, 0.29) is 0 Å². The van der Waals surface area contributed by atoms with Crippen molar-refractivity contribution in [1.29, 1.82) is 0 Å². The Morgan fingerprint density at radius 1 is 0.865 bits per heavy atom. The van der Waals surface area contributed by atoms with Crippen LogP contribution in [0, 0.1) is 0 Å². The van der Waals surface area contributed by atoms with E-state index in [2.05, 4.69) is 12.1 Å². The third kappa shape index (κ3) is 8.19. The van der Waals surface area contributed by atoms with Crippen LogP contribution >= 0.6 is 0 Å². The predicted molar refractivity (Wildman–Crippen MR) is 146 cm³/mol. The van der Waals surface area contributed by atoms with Crippen LogP contribution in [-0.2, 0) is 20.7 Å². The van der Waals surface area contributed by atoms with Gasteiger partial charge in [-0.1, -0.05) is 54.6 Å². The van der Waals surface area contributed by atoms with E-state index < -0.39 is 18.0 Å². The molecule has 0 aliphatic rings. The van der Waals surface area contributed by atoms with Crippen molar-refractivity contribution in [2.45, 2.75) is 33.3 Å². The van der Waals surface area contributed by atoms with Crippen molar-refractivity contribution >= 4 is 23.1 Å². The lowest BCUT2D eigenvalue weighted by molar-refractivity contribution is -0.150. The summed E-state index contributed by atoms with van der Waals surface area (Å²) in [5, 5.41) is 18.2. The summed E-state index contributed by atoms with van der Waals surface area (Å²) in [6.45, 7) is 6.35. The fourth-order valence-electron chi connectivity index (χ4n) is 3.87. The van der Waals surface area contributed by atoms with E-state index in [0.29, 0.717) is 31.0 Å². The van der Waals surface area contributed by atoms with Crippen LogP contribution in [0.1, 0.15) is 37.5 Å². The molecule has 3 aromatic carbocycles. The molecule has 0 radical (unpaired) electrons. The van der Waals surface area contributed by atoms with Crippen LogP contribution in [0.3, 0.4) is 0 Å². The van der Waals surface area contributed by atoms with Crippen molar-refractivity contribution in [3.05, 3.63) is 102 Å². The van der Waals surface area contributed by atoms with Gasteiger partial charge in [-0.25, -0.2) is 9.59 Å². The van der Waals surface area contributed by atoms with Crippen molar-refractivity contribution in [2.75, 3.05) is 13.2 Å². The lowest BCUT2D eigenvalue weighted by Crippen LogP contribution is -2.26. The highest BCUT2D eigenvalue weighted by molar-refractivity contribution is 5.90.